The summed E-state index contributed by atoms with van der Waals surface area (Å²) in [5.41, 5.74) is 2.54. The first kappa shape index (κ1) is 33.9. The molecule has 10 heteroatoms. The molecule has 0 fully saturated rings. The summed E-state index contributed by atoms with van der Waals surface area (Å²) in [6, 6.07) is 36.8. The topological polar surface area (TPSA) is 122 Å². The van der Waals surface area contributed by atoms with Crippen molar-refractivity contribution < 1.29 is 38.1 Å². The summed E-state index contributed by atoms with van der Waals surface area (Å²) in [4.78, 5) is 54.2. The van der Waals surface area contributed by atoms with E-state index in [9.17, 15) is 19.2 Å². The van der Waals surface area contributed by atoms with Gasteiger partial charge in [-0.25, -0.2) is 19.2 Å². The van der Waals surface area contributed by atoms with Crippen molar-refractivity contribution in [3.8, 4) is 11.3 Å². The Kier molecular flexibility index (Phi) is 11.0. The molecule has 4 aromatic carbocycles. The maximum atomic E-state index is 14.3. The van der Waals surface area contributed by atoms with Gasteiger partial charge in [-0.05, 0) is 24.6 Å². The van der Waals surface area contributed by atoms with Crippen LogP contribution < -0.4 is 5.32 Å². The maximum absolute atomic E-state index is 14.3. The first-order chi connectivity index (χ1) is 23.9. The Bertz CT molecular complexity index is 1970. The number of anilines is 1. The fourth-order valence-electron chi connectivity index (χ4n) is 5.38. The molecule has 5 rings (SSSR count). The Balaban J connectivity index is 2.02. The lowest BCUT2D eigenvalue weighted by molar-refractivity contribution is -0.146. The number of esters is 4. The summed E-state index contributed by atoms with van der Waals surface area (Å²) in [5.74, 6) is -3.77. The zero-order valence-electron chi connectivity index (χ0n) is 27.2. The van der Waals surface area contributed by atoms with Gasteiger partial charge >= 0.3 is 23.9 Å². The maximum Gasteiger partial charge on any atom is 0.356 e. The first-order valence-corrected chi connectivity index (χ1v) is 15.4. The quantitative estimate of drug-likeness (QED) is 0.0864. The highest BCUT2D eigenvalue weighted by molar-refractivity contribution is 6.16. The highest BCUT2D eigenvalue weighted by atomic mass is 16.6. The molecule has 49 heavy (non-hydrogen) atoms. The summed E-state index contributed by atoms with van der Waals surface area (Å²) in [7, 11) is 2.31. The summed E-state index contributed by atoms with van der Waals surface area (Å²) in [5, 5.41) is 3.52. The van der Waals surface area contributed by atoms with Crippen molar-refractivity contribution in [2.24, 2.45) is 0 Å². The molecule has 0 radical (unpaired) electrons. The zero-order chi connectivity index (χ0) is 34.8. The second kappa shape index (κ2) is 15.9. The van der Waals surface area contributed by atoms with Crippen LogP contribution in [0.25, 0.3) is 22.7 Å². The van der Waals surface area contributed by atoms with E-state index in [1.165, 1.54) is 11.7 Å². The molecule has 0 spiro atoms. The molecular weight excluding hydrogens is 624 g/mol. The molecule has 0 saturated carbocycles. The highest BCUT2D eigenvalue weighted by Gasteiger charge is 2.39. The van der Waals surface area contributed by atoms with Gasteiger partial charge in [-0.15, -0.1) is 0 Å². The molecule has 1 aromatic heterocycles. The number of ether oxygens (including phenoxy) is 4. The number of nitrogens with zero attached hydrogens (tertiary/aromatic N) is 1. The first-order valence-electron chi connectivity index (χ1n) is 15.4. The molecule has 0 aliphatic rings. The van der Waals surface area contributed by atoms with Gasteiger partial charge < -0.3 is 24.3 Å². The summed E-state index contributed by atoms with van der Waals surface area (Å²) >= 11 is 0. The van der Waals surface area contributed by atoms with Gasteiger partial charge in [0.2, 0.25) is 0 Å². The second-order valence-corrected chi connectivity index (χ2v) is 10.5. The van der Waals surface area contributed by atoms with E-state index in [0.29, 0.717) is 28.1 Å². The number of hydrogen-bond acceptors (Lipinski definition) is 9. The molecule has 10 nitrogen and oxygen atoms in total. The van der Waals surface area contributed by atoms with E-state index in [0.717, 1.165) is 12.8 Å². The van der Waals surface area contributed by atoms with E-state index < -0.39 is 36.0 Å². The van der Waals surface area contributed by atoms with Gasteiger partial charge in [0.15, 0.2) is 6.61 Å². The number of benzene rings is 4. The van der Waals surface area contributed by atoms with Crippen LogP contribution in [0.4, 0.5) is 5.69 Å². The zero-order valence-corrected chi connectivity index (χ0v) is 27.2. The summed E-state index contributed by atoms with van der Waals surface area (Å²) < 4.78 is 22.4. The minimum atomic E-state index is -1.08. The van der Waals surface area contributed by atoms with E-state index in [1.807, 2.05) is 91.0 Å². The van der Waals surface area contributed by atoms with Gasteiger partial charge in [0, 0.05) is 16.8 Å². The Morgan fingerprint density at radius 1 is 0.612 bits per heavy atom. The minimum absolute atomic E-state index is 0.0668. The Morgan fingerprint density at radius 2 is 1.12 bits per heavy atom. The molecule has 0 bridgehead atoms. The van der Waals surface area contributed by atoms with Crippen LogP contribution in [0.2, 0.25) is 0 Å². The number of carbonyl (C=O) groups excluding carboxylic acids is 4. The van der Waals surface area contributed by atoms with Gasteiger partial charge in [-0.2, -0.15) is 0 Å². The van der Waals surface area contributed by atoms with E-state index in [1.54, 1.807) is 37.3 Å². The largest absolute Gasteiger partial charge is 0.465 e. The molecule has 0 atom stereocenters. The third-order valence-electron chi connectivity index (χ3n) is 7.43. The number of rotatable bonds is 12. The number of aromatic nitrogens is 1. The average Bonchev–Trinajstić information content (AvgIpc) is 3.50. The average molecular weight is 659 g/mol. The molecule has 0 aliphatic heterocycles. The van der Waals surface area contributed by atoms with Gasteiger partial charge in [0.25, 0.3) is 0 Å². The molecule has 0 aliphatic carbocycles. The van der Waals surface area contributed by atoms with Crippen LogP contribution in [0.3, 0.4) is 0 Å². The fourth-order valence-corrected chi connectivity index (χ4v) is 5.38. The molecule has 0 saturated heterocycles. The van der Waals surface area contributed by atoms with Crippen molar-refractivity contribution in [3.05, 3.63) is 149 Å². The van der Waals surface area contributed by atoms with Crippen molar-refractivity contribution in [3.63, 3.8) is 0 Å². The second-order valence-electron chi connectivity index (χ2n) is 10.5. The van der Waals surface area contributed by atoms with Crippen molar-refractivity contribution in [1.29, 1.82) is 0 Å². The number of hydrogen-bond donors (Lipinski definition) is 1. The number of methoxy groups -OCH3 is 2. The predicted molar refractivity (Wildman–Crippen MR) is 185 cm³/mol. The third kappa shape index (κ3) is 7.44. The van der Waals surface area contributed by atoms with Crippen LogP contribution in [0.15, 0.2) is 121 Å². The standard InChI is InChI=1S/C39H34N2O8/c1-4-48-30(42)25-49-39(45)36-32(38(44)47-3)31(37(43)46-2)34(27-19-11-6-12-20-27)41(36)35(28-21-13-7-14-22-28)33(26-17-9-5-10-18-26)40-29-23-15-8-16-24-29/h5-24,40H,4,25H2,1-3H3/b35-33-. The minimum Gasteiger partial charge on any atom is -0.465 e. The van der Waals surface area contributed by atoms with E-state index >= 15 is 0 Å². The molecule has 0 unspecified atom stereocenters. The van der Waals surface area contributed by atoms with Gasteiger partial charge in [0.05, 0.1) is 37.9 Å². The normalized spacial score (nSPS) is 11.2. The Hall–Kier alpha value is -6.42. The third-order valence-corrected chi connectivity index (χ3v) is 7.43. The van der Waals surface area contributed by atoms with E-state index in [4.69, 9.17) is 18.9 Å². The monoisotopic (exact) mass is 658 g/mol. The molecule has 1 heterocycles. The lowest BCUT2D eigenvalue weighted by Gasteiger charge is -2.23. The highest BCUT2D eigenvalue weighted by Crippen LogP contribution is 2.41. The lowest BCUT2D eigenvalue weighted by atomic mass is 10.0. The van der Waals surface area contributed by atoms with Crippen LogP contribution in [0.1, 0.15) is 49.3 Å². The van der Waals surface area contributed by atoms with Crippen molar-refractivity contribution >= 4 is 41.0 Å². The Labute approximate surface area is 283 Å². The van der Waals surface area contributed by atoms with Crippen LogP contribution in [-0.2, 0) is 23.7 Å². The predicted octanol–water partition coefficient (Wildman–Crippen LogP) is 6.93. The number of para-hydroxylation sites is 1. The van der Waals surface area contributed by atoms with Crippen LogP contribution in [0, 0.1) is 0 Å². The van der Waals surface area contributed by atoms with E-state index in [-0.39, 0.29) is 23.6 Å². The SMILES string of the molecule is CCOC(=O)COC(=O)c1c(C(=O)OC)c(C(=O)OC)c(-c2ccccc2)n1/C(=C(\Nc1ccccc1)c1ccccc1)c1ccccc1. The number of carbonyl (C=O) groups is 4. The number of nitrogens with one attached hydrogen (secondary N) is 1. The van der Waals surface area contributed by atoms with Crippen molar-refractivity contribution in [2.45, 2.75) is 6.92 Å². The van der Waals surface area contributed by atoms with Crippen LogP contribution in [0.5, 0.6) is 0 Å². The van der Waals surface area contributed by atoms with Gasteiger partial charge in [-0.3, -0.25) is 4.57 Å². The van der Waals surface area contributed by atoms with Gasteiger partial charge in [0.1, 0.15) is 16.8 Å². The van der Waals surface area contributed by atoms with Crippen LogP contribution >= 0.6 is 0 Å². The van der Waals surface area contributed by atoms with Gasteiger partial charge in [-0.1, -0.05) is 109 Å². The van der Waals surface area contributed by atoms with E-state index in [2.05, 4.69) is 5.32 Å². The van der Waals surface area contributed by atoms with Crippen molar-refractivity contribution in [1.82, 2.24) is 4.57 Å². The Morgan fingerprint density at radius 3 is 1.67 bits per heavy atom. The molecule has 0 amide bonds. The summed E-state index contributed by atoms with van der Waals surface area (Å²) in [6.45, 7) is 0.943. The molecule has 248 valence electrons. The smallest absolute Gasteiger partial charge is 0.356 e. The summed E-state index contributed by atoms with van der Waals surface area (Å²) in [6.07, 6.45) is 0. The fraction of sp³-hybridized carbons (Fsp3) is 0.128. The van der Waals surface area contributed by atoms with Crippen LogP contribution in [-0.4, -0.2) is 55.9 Å². The molecular formula is C39H34N2O8. The molecule has 5 aromatic rings. The lowest BCUT2D eigenvalue weighted by Crippen LogP contribution is -2.22. The van der Waals surface area contributed by atoms with Crippen molar-refractivity contribution in [2.75, 3.05) is 32.8 Å². The molecule has 1 N–H and O–H groups in total.